The van der Waals surface area contributed by atoms with Crippen molar-refractivity contribution in [3.63, 3.8) is 0 Å². The summed E-state index contributed by atoms with van der Waals surface area (Å²) in [6, 6.07) is 14.6. The van der Waals surface area contributed by atoms with Gasteiger partial charge >= 0.3 is 0 Å². The highest BCUT2D eigenvalue weighted by molar-refractivity contribution is 5.96. The van der Waals surface area contributed by atoms with Gasteiger partial charge in [0.25, 0.3) is 5.91 Å². The van der Waals surface area contributed by atoms with E-state index < -0.39 is 0 Å². The number of hydrogen-bond donors (Lipinski definition) is 3. The van der Waals surface area contributed by atoms with Crippen LogP contribution in [0.5, 0.6) is 0 Å². The molecule has 0 saturated heterocycles. The molecule has 0 saturated carbocycles. The topological polar surface area (TPSA) is 84.2 Å². The van der Waals surface area contributed by atoms with E-state index in [1.54, 1.807) is 36.4 Å². The van der Waals surface area contributed by atoms with Crippen LogP contribution in [-0.2, 0) is 10.2 Å². The maximum absolute atomic E-state index is 12.1. The molecule has 0 aliphatic heterocycles. The summed E-state index contributed by atoms with van der Waals surface area (Å²) in [4.78, 5) is 24.1. The van der Waals surface area contributed by atoms with Gasteiger partial charge < -0.3 is 16.4 Å². The van der Waals surface area contributed by atoms with Gasteiger partial charge in [0.05, 0.1) is 11.4 Å². The van der Waals surface area contributed by atoms with Crippen LogP contribution in [-0.4, -0.2) is 18.4 Å². The van der Waals surface area contributed by atoms with Gasteiger partial charge in [0.1, 0.15) is 0 Å². The number of nitrogen functional groups attached to an aromatic ring is 1. The summed E-state index contributed by atoms with van der Waals surface area (Å²) < 4.78 is 0. The first-order valence-electron chi connectivity index (χ1n) is 8.30. The molecule has 0 radical (unpaired) electrons. The molecule has 4 N–H and O–H groups in total. The van der Waals surface area contributed by atoms with Gasteiger partial charge in [-0.25, -0.2) is 0 Å². The van der Waals surface area contributed by atoms with Gasteiger partial charge in [0, 0.05) is 18.5 Å². The second-order valence-corrected chi connectivity index (χ2v) is 6.97. The fourth-order valence-electron chi connectivity index (χ4n) is 2.34. The molecule has 0 atom stereocenters. The van der Waals surface area contributed by atoms with E-state index >= 15 is 0 Å². The van der Waals surface area contributed by atoms with Crippen molar-refractivity contribution in [2.24, 2.45) is 0 Å². The minimum absolute atomic E-state index is 0.0480. The second kappa shape index (κ2) is 7.83. The molecule has 2 amide bonds. The summed E-state index contributed by atoms with van der Waals surface area (Å²) >= 11 is 0. The number of hydrogen-bond acceptors (Lipinski definition) is 3. The first kappa shape index (κ1) is 18.5. The lowest BCUT2D eigenvalue weighted by Gasteiger charge is -2.19. The number of nitrogens with one attached hydrogen (secondary N) is 2. The molecule has 0 spiro atoms. The first-order chi connectivity index (χ1) is 11.8. The van der Waals surface area contributed by atoms with Crippen LogP contribution in [0, 0.1) is 0 Å². The average molecular weight is 339 g/mol. The maximum atomic E-state index is 12.1. The highest BCUT2D eigenvalue weighted by Crippen LogP contribution is 2.22. The zero-order chi connectivity index (χ0) is 18.4. The number of para-hydroxylation sites is 2. The molecule has 2 aromatic carbocycles. The molecule has 0 aliphatic carbocycles. The van der Waals surface area contributed by atoms with Gasteiger partial charge in [0.2, 0.25) is 5.91 Å². The zero-order valence-electron chi connectivity index (χ0n) is 14.9. The third-order valence-electron chi connectivity index (χ3n) is 3.89. The highest BCUT2D eigenvalue weighted by atomic mass is 16.2. The molecule has 25 heavy (non-hydrogen) atoms. The Labute approximate surface area is 148 Å². The quantitative estimate of drug-likeness (QED) is 0.731. The third-order valence-corrected chi connectivity index (χ3v) is 3.89. The predicted molar refractivity (Wildman–Crippen MR) is 102 cm³/mol. The van der Waals surface area contributed by atoms with Crippen LogP contribution >= 0.6 is 0 Å². The Kier molecular flexibility index (Phi) is 5.80. The summed E-state index contributed by atoms with van der Waals surface area (Å²) in [6.07, 6.45) is 0.181. The minimum Gasteiger partial charge on any atom is -0.397 e. The van der Waals surface area contributed by atoms with Crippen LogP contribution in [0.2, 0.25) is 0 Å². The van der Waals surface area contributed by atoms with Crippen molar-refractivity contribution >= 4 is 23.2 Å². The Morgan fingerprint density at radius 2 is 1.64 bits per heavy atom. The molecule has 132 valence electrons. The standard InChI is InChI=1S/C20H25N3O2/c1-20(2,3)15-10-8-14(9-11-15)19(25)22-13-12-18(24)23-17-7-5-4-6-16(17)21/h4-11H,12-13,21H2,1-3H3,(H,22,25)(H,23,24). The summed E-state index contributed by atoms with van der Waals surface area (Å²) in [5.74, 6) is -0.381. The molecular weight excluding hydrogens is 314 g/mol. The number of carbonyl (C=O) groups is 2. The zero-order valence-corrected chi connectivity index (χ0v) is 14.9. The fourth-order valence-corrected chi connectivity index (χ4v) is 2.34. The van der Waals surface area contributed by atoms with Gasteiger partial charge in [0.15, 0.2) is 0 Å². The number of anilines is 2. The molecule has 0 aromatic heterocycles. The van der Waals surface area contributed by atoms with E-state index in [-0.39, 0.29) is 30.2 Å². The number of carbonyl (C=O) groups excluding carboxylic acids is 2. The Morgan fingerprint density at radius 1 is 1.00 bits per heavy atom. The van der Waals surface area contributed by atoms with Crippen LogP contribution in [0.1, 0.15) is 43.1 Å². The Morgan fingerprint density at radius 3 is 2.24 bits per heavy atom. The SMILES string of the molecule is CC(C)(C)c1ccc(C(=O)NCCC(=O)Nc2ccccc2N)cc1. The molecule has 5 heteroatoms. The molecule has 0 fully saturated rings. The Balaban J connectivity index is 1.82. The predicted octanol–water partition coefficient (Wildman–Crippen LogP) is 3.32. The molecule has 2 aromatic rings. The van der Waals surface area contributed by atoms with Crippen LogP contribution in [0.3, 0.4) is 0 Å². The van der Waals surface area contributed by atoms with E-state index in [9.17, 15) is 9.59 Å². The molecule has 0 unspecified atom stereocenters. The van der Waals surface area contributed by atoms with Crippen molar-refractivity contribution in [1.29, 1.82) is 0 Å². The van der Waals surface area contributed by atoms with Gasteiger partial charge in [-0.15, -0.1) is 0 Å². The molecule has 0 heterocycles. The smallest absolute Gasteiger partial charge is 0.251 e. The molecule has 5 nitrogen and oxygen atoms in total. The van der Waals surface area contributed by atoms with E-state index in [1.807, 2.05) is 12.1 Å². The summed E-state index contributed by atoms with van der Waals surface area (Å²) in [5, 5.41) is 5.49. The van der Waals surface area contributed by atoms with Crippen LogP contribution in [0.25, 0.3) is 0 Å². The fraction of sp³-hybridized carbons (Fsp3) is 0.300. The normalized spacial score (nSPS) is 11.0. The van der Waals surface area contributed by atoms with Gasteiger partial charge in [-0.05, 0) is 35.2 Å². The van der Waals surface area contributed by atoms with E-state index in [2.05, 4.69) is 31.4 Å². The number of benzene rings is 2. The largest absolute Gasteiger partial charge is 0.397 e. The molecule has 2 rings (SSSR count). The van der Waals surface area contributed by atoms with Gasteiger partial charge in [-0.2, -0.15) is 0 Å². The molecule has 0 aliphatic rings. The number of rotatable bonds is 5. The lowest BCUT2D eigenvalue weighted by Crippen LogP contribution is -2.27. The first-order valence-corrected chi connectivity index (χ1v) is 8.30. The van der Waals surface area contributed by atoms with Crippen molar-refractivity contribution in [3.05, 3.63) is 59.7 Å². The lowest BCUT2D eigenvalue weighted by atomic mass is 9.87. The maximum Gasteiger partial charge on any atom is 0.251 e. The van der Waals surface area contributed by atoms with E-state index in [0.29, 0.717) is 16.9 Å². The molecule has 0 bridgehead atoms. The van der Waals surface area contributed by atoms with Crippen LogP contribution in [0.15, 0.2) is 48.5 Å². The van der Waals surface area contributed by atoms with E-state index in [4.69, 9.17) is 5.73 Å². The van der Waals surface area contributed by atoms with Gasteiger partial charge in [-0.1, -0.05) is 45.0 Å². The number of amides is 2. The van der Waals surface area contributed by atoms with Crippen molar-refractivity contribution in [2.45, 2.75) is 32.6 Å². The summed E-state index contributed by atoms with van der Waals surface area (Å²) in [7, 11) is 0. The summed E-state index contributed by atoms with van der Waals surface area (Å²) in [5.41, 5.74) is 8.68. The Hall–Kier alpha value is -2.82. The van der Waals surface area contributed by atoms with E-state index in [0.717, 1.165) is 0 Å². The average Bonchev–Trinajstić information content (AvgIpc) is 2.56. The van der Waals surface area contributed by atoms with Crippen molar-refractivity contribution in [2.75, 3.05) is 17.6 Å². The van der Waals surface area contributed by atoms with Gasteiger partial charge in [-0.3, -0.25) is 9.59 Å². The monoisotopic (exact) mass is 339 g/mol. The van der Waals surface area contributed by atoms with Crippen LogP contribution < -0.4 is 16.4 Å². The van der Waals surface area contributed by atoms with E-state index in [1.165, 1.54) is 5.56 Å². The van der Waals surface area contributed by atoms with Crippen molar-refractivity contribution < 1.29 is 9.59 Å². The summed E-state index contributed by atoms with van der Waals surface area (Å²) in [6.45, 7) is 6.64. The van der Waals surface area contributed by atoms with Crippen LogP contribution in [0.4, 0.5) is 11.4 Å². The number of nitrogens with two attached hydrogens (primary N) is 1. The second-order valence-electron chi connectivity index (χ2n) is 6.97. The third kappa shape index (κ3) is 5.35. The van der Waals surface area contributed by atoms with Crippen molar-refractivity contribution in [1.82, 2.24) is 5.32 Å². The lowest BCUT2D eigenvalue weighted by molar-refractivity contribution is -0.116. The highest BCUT2D eigenvalue weighted by Gasteiger charge is 2.14. The minimum atomic E-state index is -0.193. The Bertz CT molecular complexity index is 746. The van der Waals surface area contributed by atoms with Crippen molar-refractivity contribution in [3.8, 4) is 0 Å². The molecular formula is C20H25N3O2.